The Morgan fingerprint density at radius 1 is 0.714 bits per heavy atom. The number of rotatable bonds is 8. The van der Waals surface area contributed by atoms with Crippen LogP contribution in [-0.4, -0.2) is 62.1 Å². The van der Waals surface area contributed by atoms with Crippen LogP contribution in [0.1, 0.15) is 11.6 Å². The number of amides is 2. The molecule has 2 aromatic heterocycles. The van der Waals surface area contributed by atoms with Crippen LogP contribution < -0.4 is 31.2 Å². The first kappa shape index (κ1) is 28.1. The third-order valence-corrected chi connectivity index (χ3v) is 5.36. The molecular formula is C24H30N8O2Zn. The molecule has 35 heavy (non-hydrogen) atoms. The van der Waals surface area contributed by atoms with Gasteiger partial charge in [-0.15, -0.1) is 0 Å². The summed E-state index contributed by atoms with van der Waals surface area (Å²) in [4.78, 5) is 40.6. The molecule has 180 valence electrons. The summed E-state index contributed by atoms with van der Waals surface area (Å²) in [6, 6.07) is 14.8. The molecule has 0 bridgehead atoms. The smallest absolute Gasteiger partial charge is 0.440 e. The van der Waals surface area contributed by atoms with E-state index in [0.717, 1.165) is 22.1 Å². The summed E-state index contributed by atoms with van der Waals surface area (Å²) in [5, 5.41) is 11.1. The molecule has 2 aromatic carbocycles. The van der Waals surface area contributed by atoms with Gasteiger partial charge in [-0.1, -0.05) is 60.2 Å². The normalized spacial score (nSPS) is 12.2. The minimum atomic E-state index is -0.295. The zero-order valence-corrected chi connectivity index (χ0v) is 23.5. The molecule has 0 spiro atoms. The van der Waals surface area contributed by atoms with Gasteiger partial charge in [-0.05, 0) is 49.0 Å². The second-order valence-electron chi connectivity index (χ2n) is 7.58. The predicted molar refractivity (Wildman–Crippen MR) is 131 cm³/mol. The zero-order valence-electron chi connectivity index (χ0n) is 20.5. The van der Waals surface area contributed by atoms with Crippen molar-refractivity contribution in [3.63, 3.8) is 0 Å². The monoisotopic (exact) mass is 526 g/mol. The largest absolute Gasteiger partial charge is 2.00 e. The number of fused-ring (bicyclic) bond motifs is 2. The fraction of sp³-hybridized carbons (Fsp3) is 0.333. The second kappa shape index (κ2) is 13.7. The van der Waals surface area contributed by atoms with Gasteiger partial charge in [0.15, 0.2) is 0 Å². The van der Waals surface area contributed by atoms with Gasteiger partial charge in [0.2, 0.25) is 11.8 Å². The molecule has 4 aromatic rings. The quantitative estimate of drug-likeness (QED) is 0.237. The number of carbonyl (C=O) groups is 2. The van der Waals surface area contributed by atoms with E-state index in [1.807, 2.05) is 48.5 Å². The maximum Gasteiger partial charge on any atom is 2.00 e. The Morgan fingerprint density at radius 2 is 1.09 bits per heavy atom. The molecule has 0 fully saturated rings. The van der Waals surface area contributed by atoms with Gasteiger partial charge < -0.3 is 41.2 Å². The van der Waals surface area contributed by atoms with Crippen LogP contribution in [0.15, 0.2) is 48.5 Å². The van der Waals surface area contributed by atoms with Gasteiger partial charge in [-0.3, -0.25) is 9.59 Å². The third kappa shape index (κ3) is 7.42. The van der Waals surface area contributed by atoms with Gasteiger partial charge in [0.25, 0.3) is 0 Å². The van der Waals surface area contributed by atoms with Crippen LogP contribution >= 0.6 is 0 Å². The summed E-state index contributed by atoms with van der Waals surface area (Å²) in [6.07, 6.45) is 0.982. The minimum absolute atomic E-state index is 0. The van der Waals surface area contributed by atoms with Crippen LogP contribution in [-0.2, 0) is 41.9 Å². The second-order valence-corrected chi connectivity index (χ2v) is 7.58. The Labute approximate surface area is 217 Å². The topological polar surface area (TPSA) is 136 Å². The van der Waals surface area contributed by atoms with Gasteiger partial charge in [-0.25, -0.2) is 0 Å². The molecule has 4 N–H and O–H groups in total. The Kier molecular flexibility index (Phi) is 11.0. The molecule has 2 amide bonds. The number of hydrogen-bond donors (Lipinski definition) is 4. The van der Waals surface area contributed by atoms with E-state index in [9.17, 15) is 9.59 Å². The van der Waals surface area contributed by atoms with Gasteiger partial charge in [-0.2, -0.15) is 0 Å². The number of hydrogen-bond acceptors (Lipinski definition) is 6. The molecule has 2 heterocycles. The Morgan fingerprint density at radius 3 is 1.40 bits per heavy atom. The fourth-order valence-corrected chi connectivity index (χ4v) is 3.46. The van der Waals surface area contributed by atoms with Crippen molar-refractivity contribution in [3.05, 3.63) is 60.2 Å². The van der Waals surface area contributed by atoms with Gasteiger partial charge in [0.05, 0.1) is 12.1 Å². The molecule has 0 aliphatic carbocycles. The van der Waals surface area contributed by atoms with Crippen LogP contribution in [0, 0.1) is 0 Å². The van der Waals surface area contributed by atoms with Crippen molar-refractivity contribution in [2.24, 2.45) is 0 Å². The maximum absolute atomic E-state index is 11.5. The number of likely N-dealkylation sites (N-methyl/N-ethyl adjacent to an activating group) is 4. The van der Waals surface area contributed by atoms with Gasteiger partial charge in [0, 0.05) is 14.1 Å². The third-order valence-electron chi connectivity index (χ3n) is 5.36. The van der Waals surface area contributed by atoms with E-state index in [0.29, 0.717) is 24.5 Å². The Bertz CT molecular complexity index is 1080. The molecule has 0 radical (unpaired) electrons. The number of para-hydroxylation sites is 4. The summed E-state index contributed by atoms with van der Waals surface area (Å²) in [5.74, 6) is 1.27. The summed E-state index contributed by atoms with van der Waals surface area (Å²) in [5.41, 5.74) is 3.48. The maximum atomic E-state index is 11.5. The van der Waals surface area contributed by atoms with Crippen molar-refractivity contribution < 1.29 is 29.1 Å². The van der Waals surface area contributed by atoms with Crippen molar-refractivity contribution in [1.29, 1.82) is 0 Å². The van der Waals surface area contributed by atoms with Gasteiger partial charge >= 0.3 is 19.5 Å². The average Bonchev–Trinajstić information content (AvgIpc) is 3.48. The first-order valence-corrected chi connectivity index (χ1v) is 11.0. The average molecular weight is 528 g/mol. The molecule has 4 rings (SSSR count). The Balaban J connectivity index is 0.000000240. The van der Waals surface area contributed by atoms with E-state index in [1.165, 1.54) is 0 Å². The number of nitrogens with one attached hydrogen (secondary N) is 4. The molecule has 0 aliphatic rings. The predicted octanol–water partition coefficient (Wildman–Crippen LogP) is 0.135. The SMILES string of the molecule is CNC(=O)[C@H](Cc1nc2ccccc2[n-]1)NC.CNC(=O)[C@H](Cc1nc2ccccc2[n-]1)NC.[Zn+2]. The van der Waals surface area contributed by atoms with E-state index >= 15 is 0 Å². The van der Waals surface area contributed by atoms with E-state index in [2.05, 4.69) is 41.2 Å². The van der Waals surface area contributed by atoms with E-state index < -0.39 is 0 Å². The van der Waals surface area contributed by atoms with Crippen molar-refractivity contribution in [3.8, 4) is 0 Å². The first-order chi connectivity index (χ1) is 16.5. The summed E-state index contributed by atoms with van der Waals surface area (Å²) < 4.78 is 0. The molecular weight excluding hydrogens is 498 g/mol. The molecule has 11 heteroatoms. The Hall–Kier alpha value is -3.14. The van der Waals surface area contributed by atoms with Crippen LogP contribution in [0.2, 0.25) is 0 Å². The van der Waals surface area contributed by atoms with E-state index in [-0.39, 0.29) is 43.4 Å². The number of benzene rings is 2. The molecule has 0 saturated heterocycles. The number of aromatic nitrogens is 4. The molecule has 2 atom stereocenters. The fourth-order valence-electron chi connectivity index (χ4n) is 3.46. The molecule has 10 nitrogen and oxygen atoms in total. The summed E-state index contributed by atoms with van der Waals surface area (Å²) in [7, 11) is 6.75. The summed E-state index contributed by atoms with van der Waals surface area (Å²) in [6.45, 7) is 0. The van der Waals surface area contributed by atoms with Crippen LogP contribution in [0.4, 0.5) is 0 Å². The van der Waals surface area contributed by atoms with Crippen molar-refractivity contribution in [2.75, 3.05) is 28.2 Å². The van der Waals surface area contributed by atoms with Crippen molar-refractivity contribution >= 4 is 33.9 Å². The molecule has 0 saturated carbocycles. The number of imidazole rings is 2. The van der Waals surface area contributed by atoms with Gasteiger partial charge in [0.1, 0.15) is 0 Å². The standard InChI is InChI=1S/2C12H16N4O.Zn/c2*1-13-10(12(17)14-2)7-11-15-8-5-3-4-6-9(8)16-11;/h2*3-6,10,13H,7H2,1-2H3,(H2,14,15,16,17);/q;;+2/p-2/t2*10-;/m00./s1. The van der Waals surface area contributed by atoms with Crippen LogP contribution in [0.3, 0.4) is 0 Å². The molecule has 0 aliphatic heterocycles. The minimum Gasteiger partial charge on any atom is -0.440 e. The number of carbonyl (C=O) groups excluding carboxylic acids is 2. The number of nitrogens with zero attached hydrogens (tertiary/aromatic N) is 4. The van der Waals surface area contributed by atoms with Crippen LogP contribution in [0.5, 0.6) is 0 Å². The van der Waals surface area contributed by atoms with E-state index in [4.69, 9.17) is 0 Å². The van der Waals surface area contributed by atoms with Crippen molar-refractivity contribution in [2.45, 2.75) is 24.9 Å². The zero-order chi connectivity index (χ0) is 24.5. The first-order valence-electron chi connectivity index (χ1n) is 11.0. The summed E-state index contributed by atoms with van der Waals surface area (Å²) >= 11 is 0. The van der Waals surface area contributed by atoms with Crippen LogP contribution in [0.25, 0.3) is 22.1 Å². The molecule has 0 unspecified atom stereocenters. The van der Waals surface area contributed by atoms with E-state index in [1.54, 1.807) is 28.2 Å². The van der Waals surface area contributed by atoms with Crippen molar-refractivity contribution in [1.82, 2.24) is 41.2 Å².